The lowest BCUT2D eigenvalue weighted by atomic mass is 10.0. The molecule has 0 fully saturated rings. The fourth-order valence-corrected chi connectivity index (χ4v) is 3.40. The topological polar surface area (TPSA) is 12.0 Å². The lowest BCUT2D eigenvalue weighted by Crippen LogP contribution is -2.25. The van der Waals surface area contributed by atoms with Crippen LogP contribution in [0.5, 0.6) is 0 Å². The summed E-state index contributed by atoms with van der Waals surface area (Å²) in [5, 5.41) is 4.49. The van der Waals surface area contributed by atoms with Crippen molar-refractivity contribution < 1.29 is 0 Å². The van der Waals surface area contributed by atoms with Crippen LogP contribution in [-0.2, 0) is 0 Å². The lowest BCUT2D eigenvalue weighted by molar-refractivity contribution is 0.510. The van der Waals surface area contributed by atoms with E-state index in [4.69, 9.17) is 11.6 Å². The van der Waals surface area contributed by atoms with Crippen molar-refractivity contribution in [1.82, 2.24) is 5.32 Å². The fraction of sp³-hybridized carbons (Fsp3) is 0.500. The predicted octanol–water partition coefficient (Wildman–Crippen LogP) is 3.88. The van der Waals surface area contributed by atoms with Crippen molar-refractivity contribution in [3.8, 4) is 0 Å². The van der Waals surface area contributed by atoms with E-state index in [0.29, 0.717) is 6.04 Å². The van der Waals surface area contributed by atoms with Crippen LogP contribution in [0, 0.1) is 0 Å². The molecule has 1 nitrogen and oxygen atoms in total. The van der Waals surface area contributed by atoms with Crippen molar-refractivity contribution in [3.63, 3.8) is 0 Å². The molecule has 0 radical (unpaired) electrons. The summed E-state index contributed by atoms with van der Waals surface area (Å²) in [5.41, 5.74) is 1.38. The van der Waals surface area contributed by atoms with Gasteiger partial charge in [0.15, 0.2) is 0 Å². The quantitative estimate of drug-likeness (QED) is 0.862. The van der Waals surface area contributed by atoms with E-state index in [1.165, 1.54) is 23.3 Å². The molecule has 1 heterocycles. The van der Waals surface area contributed by atoms with Crippen molar-refractivity contribution >= 4 is 23.4 Å². The predicted molar refractivity (Wildman–Crippen MR) is 67.8 cm³/mol. The van der Waals surface area contributed by atoms with E-state index >= 15 is 0 Å². The fourth-order valence-electron chi connectivity index (χ4n) is 1.92. The molecule has 1 aromatic carbocycles. The Balaban J connectivity index is 2.22. The van der Waals surface area contributed by atoms with Crippen LogP contribution in [0.4, 0.5) is 0 Å². The van der Waals surface area contributed by atoms with E-state index in [-0.39, 0.29) is 0 Å². The van der Waals surface area contributed by atoms with Gasteiger partial charge in [-0.2, -0.15) is 0 Å². The zero-order valence-corrected chi connectivity index (χ0v) is 10.5. The van der Waals surface area contributed by atoms with Crippen LogP contribution in [0.25, 0.3) is 0 Å². The molecular weight excluding hydrogens is 226 g/mol. The number of hydrogen-bond donors (Lipinski definition) is 1. The molecule has 0 amide bonds. The first-order valence-electron chi connectivity index (χ1n) is 5.47. The molecule has 0 saturated heterocycles. The van der Waals surface area contributed by atoms with Gasteiger partial charge in [0.1, 0.15) is 0 Å². The Kier molecular flexibility index (Phi) is 3.95. The third-order valence-electron chi connectivity index (χ3n) is 2.67. The Hall–Kier alpha value is -0.180. The zero-order chi connectivity index (χ0) is 10.7. The van der Waals surface area contributed by atoms with Crippen molar-refractivity contribution in [2.24, 2.45) is 0 Å². The van der Waals surface area contributed by atoms with Gasteiger partial charge in [-0.05, 0) is 36.8 Å². The third kappa shape index (κ3) is 2.49. The van der Waals surface area contributed by atoms with E-state index in [0.717, 1.165) is 17.3 Å². The molecule has 0 spiro atoms. The summed E-state index contributed by atoms with van der Waals surface area (Å²) in [4.78, 5) is 1.28. The van der Waals surface area contributed by atoms with Crippen molar-refractivity contribution in [2.75, 3.05) is 12.3 Å². The molecule has 0 saturated carbocycles. The molecule has 0 aromatic heterocycles. The van der Waals surface area contributed by atoms with Gasteiger partial charge in [0, 0.05) is 10.9 Å². The smallest absolute Gasteiger partial charge is 0.0545 e. The molecule has 1 aromatic rings. The molecule has 1 N–H and O–H groups in total. The van der Waals surface area contributed by atoms with E-state index in [2.05, 4.69) is 18.3 Å². The average Bonchev–Trinajstić information content (AvgIpc) is 2.27. The monoisotopic (exact) mass is 241 g/mol. The molecule has 1 unspecified atom stereocenters. The van der Waals surface area contributed by atoms with Crippen LogP contribution in [0.15, 0.2) is 23.1 Å². The van der Waals surface area contributed by atoms with Crippen LogP contribution in [0.2, 0.25) is 5.02 Å². The summed E-state index contributed by atoms with van der Waals surface area (Å²) >= 11 is 8.07. The Bertz CT molecular complexity index is 340. The highest BCUT2D eigenvalue weighted by molar-refractivity contribution is 7.99. The van der Waals surface area contributed by atoms with Crippen LogP contribution in [-0.4, -0.2) is 12.3 Å². The maximum atomic E-state index is 6.19. The second-order valence-electron chi connectivity index (χ2n) is 3.80. The molecule has 3 heteroatoms. The Morgan fingerprint density at radius 1 is 1.53 bits per heavy atom. The van der Waals surface area contributed by atoms with E-state index < -0.39 is 0 Å². The van der Waals surface area contributed by atoms with Gasteiger partial charge in [-0.25, -0.2) is 0 Å². The number of benzene rings is 1. The first-order chi connectivity index (χ1) is 7.33. The maximum Gasteiger partial charge on any atom is 0.0545 e. The molecule has 0 aliphatic carbocycles. The third-order valence-corrected chi connectivity index (χ3v) is 4.28. The number of rotatable bonds is 3. The first-order valence-corrected chi connectivity index (χ1v) is 6.84. The van der Waals surface area contributed by atoms with Gasteiger partial charge in [-0.3, -0.25) is 0 Å². The second-order valence-corrected chi connectivity index (χ2v) is 5.31. The zero-order valence-electron chi connectivity index (χ0n) is 8.92. The molecule has 15 heavy (non-hydrogen) atoms. The summed E-state index contributed by atoms with van der Waals surface area (Å²) in [6.07, 6.45) is 2.39. The van der Waals surface area contributed by atoms with Crippen molar-refractivity contribution in [3.05, 3.63) is 28.8 Å². The Labute approximate surface area is 101 Å². The van der Waals surface area contributed by atoms with Crippen molar-refractivity contribution in [2.45, 2.75) is 30.7 Å². The summed E-state index contributed by atoms with van der Waals surface area (Å²) in [6, 6.07) is 6.73. The minimum absolute atomic E-state index is 0.500. The SMILES string of the molecule is CCCNC1CCSc2c(Cl)cccc21. The molecule has 1 aliphatic heterocycles. The normalized spacial score (nSPS) is 20.0. The van der Waals surface area contributed by atoms with E-state index in [1.807, 2.05) is 23.9 Å². The summed E-state index contributed by atoms with van der Waals surface area (Å²) in [5.74, 6) is 1.16. The van der Waals surface area contributed by atoms with Gasteiger partial charge in [0.05, 0.1) is 5.02 Å². The van der Waals surface area contributed by atoms with E-state index in [1.54, 1.807) is 0 Å². The molecule has 0 bridgehead atoms. The highest BCUT2D eigenvalue weighted by atomic mass is 35.5. The standard InChI is InChI=1S/C12H16ClNS/c1-2-7-14-11-6-8-15-12-9(11)4-3-5-10(12)13/h3-5,11,14H,2,6-8H2,1H3. The van der Waals surface area contributed by atoms with Gasteiger partial charge in [0.25, 0.3) is 0 Å². The largest absolute Gasteiger partial charge is 0.310 e. The first kappa shape index (κ1) is 11.3. The van der Waals surface area contributed by atoms with Crippen LogP contribution in [0.3, 0.4) is 0 Å². The van der Waals surface area contributed by atoms with Crippen LogP contribution in [0.1, 0.15) is 31.4 Å². The minimum Gasteiger partial charge on any atom is -0.310 e. The number of hydrogen-bond acceptors (Lipinski definition) is 2. The molecule has 82 valence electrons. The van der Waals surface area contributed by atoms with Gasteiger partial charge >= 0.3 is 0 Å². The molecule has 2 rings (SSSR count). The summed E-state index contributed by atoms with van der Waals surface area (Å²) in [6.45, 7) is 3.28. The molecular formula is C12H16ClNS. The summed E-state index contributed by atoms with van der Waals surface area (Å²) in [7, 11) is 0. The van der Waals surface area contributed by atoms with Gasteiger partial charge in [-0.1, -0.05) is 30.7 Å². The highest BCUT2D eigenvalue weighted by Crippen LogP contribution is 2.40. The van der Waals surface area contributed by atoms with E-state index in [9.17, 15) is 0 Å². The van der Waals surface area contributed by atoms with Gasteiger partial charge in [0.2, 0.25) is 0 Å². The lowest BCUT2D eigenvalue weighted by Gasteiger charge is -2.26. The van der Waals surface area contributed by atoms with Crippen LogP contribution >= 0.6 is 23.4 Å². The second kappa shape index (κ2) is 5.24. The number of fused-ring (bicyclic) bond motifs is 1. The van der Waals surface area contributed by atoms with Gasteiger partial charge in [-0.15, -0.1) is 11.8 Å². The number of nitrogens with one attached hydrogen (secondary N) is 1. The van der Waals surface area contributed by atoms with Crippen molar-refractivity contribution in [1.29, 1.82) is 0 Å². The van der Waals surface area contributed by atoms with Crippen LogP contribution < -0.4 is 5.32 Å². The minimum atomic E-state index is 0.500. The number of halogens is 1. The maximum absolute atomic E-state index is 6.19. The van der Waals surface area contributed by atoms with Gasteiger partial charge < -0.3 is 5.32 Å². The number of thioether (sulfide) groups is 1. The average molecular weight is 242 g/mol. The molecule has 1 atom stereocenters. The Morgan fingerprint density at radius 3 is 3.20 bits per heavy atom. The Morgan fingerprint density at radius 2 is 2.40 bits per heavy atom. The summed E-state index contributed by atoms with van der Waals surface area (Å²) < 4.78 is 0. The molecule has 1 aliphatic rings. The highest BCUT2D eigenvalue weighted by Gasteiger charge is 2.21.